The average Bonchev–Trinajstić information content (AvgIpc) is 2.60. The maximum absolute atomic E-state index is 13.6. The van der Waals surface area contributed by atoms with Gasteiger partial charge in [-0.3, -0.25) is 9.59 Å². The molecule has 1 heterocycles. The van der Waals surface area contributed by atoms with E-state index in [1.54, 1.807) is 0 Å². The maximum Gasteiger partial charge on any atom is 0.223 e. The number of piperidine rings is 1. The monoisotopic (exact) mass is 336 g/mol. The summed E-state index contributed by atoms with van der Waals surface area (Å²) in [6.07, 6.45) is 2.25. The van der Waals surface area contributed by atoms with Gasteiger partial charge in [0.25, 0.3) is 0 Å². The molecule has 0 saturated carbocycles. The number of ether oxygens (including phenoxy) is 1. The van der Waals surface area contributed by atoms with Crippen molar-refractivity contribution >= 4 is 11.7 Å². The summed E-state index contributed by atoms with van der Waals surface area (Å²) in [6.45, 7) is 2.47. The fourth-order valence-corrected chi connectivity index (χ4v) is 3.04. The van der Waals surface area contributed by atoms with Crippen LogP contribution in [-0.2, 0) is 4.79 Å². The molecule has 1 aromatic rings. The Balaban J connectivity index is 1.81. The van der Waals surface area contributed by atoms with Crippen molar-refractivity contribution in [2.24, 2.45) is 5.92 Å². The molecule has 0 unspecified atom stereocenters. The van der Waals surface area contributed by atoms with Crippen LogP contribution in [-0.4, -0.2) is 50.4 Å². The quantitative estimate of drug-likeness (QED) is 0.776. The summed E-state index contributed by atoms with van der Waals surface area (Å²) in [5.41, 5.74) is 0.272. The zero-order chi connectivity index (χ0) is 17.5. The van der Waals surface area contributed by atoms with E-state index in [1.807, 2.05) is 11.9 Å². The summed E-state index contributed by atoms with van der Waals surface area (Å²) in [5, 5.41) is 3.16. The third-order valence-electron chi connectivity index (χ3n) is 4.50. The topological polar surface area (TPSA) is 58.6 Å². The largest absolute Gasteiger partial charge is 0.494 e. The Bertz CT molecular complexity index is 584. The minimum absolute atomic E-state index is 0.000223. The van der Waals surface area contributed by atoms with Gasteiger partial charge in [-0.2, -0.15) is 0 Å². The second-order valence-corrected chi connectivity index (χ2v) is 6.15. The van der Waals surface area contributed by atoms with E-state index in [2.05, 4.69) is 5.32 Å². The Morgan fingerprint density at radius 1 is 1.29 bits per heavy atom. The number of likely N-dealkylation sites (tertiary alicyclic amines) is 1. The highest BCUT2D eigenvalue weighted by molar-refractivity contribution is 5.98. The molecule has 1 aliphatic rings. The molecule has 0 aliphatic carbocycles. The Labute approximate surface area is 142 Å². The van der Waals surface area contributed by atoms with E-state index in [9.17, 15) is 14.0 Å². The van der Waals surface area contributed by atoms with Gasteiger partial charge < -0.3 is 15.0 Å². The summed E-state index contributed by atoms with van der Waals surface area (Å²) in [7, 11) is 3.31. The first-order valence-corrected chi connectivity index (χ1v) is 8.34. The number of benzene rings is 1. The van der Waals surface area contributed by atoms with Gasteiger partial charge in [0.1, 0.15) is 0 Å². The molecule has 0 spiro atoms. The molecule has 24 heavy (non-hydrogen) atoms. The lowest BCUT2D eigenvalue weighted by Crippen LogP contribution is -2.40. The molecule has 1 aromatic carbocycles. The summed E-state index contributed by atoms with van der Waals surface area (Å²) in [6, 6.07) is 4.11. The van der Waals surface area contributed by atoms with Crippen molar-refractivity contribution in [2.45, 2.75) is 25.7 Å². The molecule has 0 radical (unpaired) electrons. The molecule has 0 bridgehead atoms. The van der Waals surface area contributed by atoms with Gasteiger partial charge in [-0.1, -0.05) is 0 Å². The molecule has 0 aromatic heterocycles. The Kier molecular flexibility index (Phi) is 6.73. The van der Waals surface area contributed by atoms with Crippen LogP contribution in [0.25, 0.3) is 0 Å². The Morgan fingerprint density at radius 2 is 2.00 bits per heavy atom. The van der Waals surface area contributed by atoms with Crippen LogP contribution in [0.3, 0.4) is 0 Å². The van der Waals surface area contributed by atoms with E-state index in [4.69, 9.17) is 4.74 Å². The fraction of sp³-hybridized carbons (Fsp3) is 0.556. The zero-order valence-corrected chi connectivity index (χ0v) is 14.3. The van der Waals surface area contributed by atoms with Gasteiger partial charge in [0, 0.05) is 31.5 Å². The number of methoxy groups -OCH3 is 1. The van der Waals surface area contributed by atoms with E-state index in [0.29, 0.717) is 5.92 Å². The standard InChI is InChI=1S/C18H25FN2O3/c1-20-12-13-7-9-21(10-8-13)18(23)6-4-16(22)14-3-5-17(24-2)15(19)11-14/h3,5,11,13,20H,4,6-10,12H2,1-2H3. The molecule has 1 saturated heterocycles. The van der Waals surface area contributed by atoms with Crippen LogP contribution in [0.1, 0.15) is 36.0 Å². The zero-order valence-electron chi connectivity index (χ0n) is 14.3. The average molecular weight is 336 g/mol. The molecule has 2 rings (SSSR count). The molecule has 5 nitrogen and oxygen atoms in total. The Morgan fingerprint density at radius 3 is 2.58 bits per heavy atom. The summed E-state index contributed by atoms with van der Waals surface area (Å²) < 4.78 is 18.5. The van der Waals surface area contributed by atoms with E-state index < -0.39 is 5.82 Å². The number of rotatable bonds is 7. The Hall–Kier alpha value is -1.95. The summed E-state index contributed by atoms with van der Waals surface area (Å²) in [5.74, 6) is -0.0773. The first kappa shape index (κ1) is 18.4. The number of nitrogens with zero attached hydrogens (tertiary/aromatic N) is 1. The number of nitrogens with one attached hydrogen (secondary N) is 1. The number of Topliss-reactive ketones (excluding diaryl/α,β-unsaturated/α-hetero) is 1. The number of hydrogen-bond acceptors (Lipinski definition) is 4. The highest BCUT2D eigenvalue weighted by atomic mass is 19.1. The summed E-state index contributed by atoms with van der Waals surface area (Å²) in [4.78, 5) is 26.2. The van der Waals surface area contributed by atoms with Crippen LogP contribution in [0.4, 0.5) is 4.39 Å². The van der Waals surface area contributed by atoms with Crippen LogP contribution in [0, 0.1) is 11.7 Å². The van der Waals surface area contributed by atoms with Gasteiger partial charge >= 0.3 is 0 Å². The number of amides is 1. The highest BCUT2D eigenvalue weighted by Crippen LogP contribution is 2.20. The van der Waals surface area contributed by atoms with E-state index in [1.165, 1.54) is 19.2 Å². The van der Waals surface area contributed by atoms with Crippen molar-refractivity contribution in [3.8, 4) is 5.75 Å². The minimum Gasteiger partial charge on any atom is -0.494 e. The van der Waals surface area contributed by atoms with Crippen molar-refractivity contribution in [3.63, 3.8) is 0 Å². The van der Waals surface area contributed by atoms with Gasteiger partial charge in [-0.05, 0) is 50.6 Å². The molecule has 1 amide bonds. The number of hydrogen-bond donors (Lipinski definition) is 1. The van der Waals surface area contributed by atoms with Crippen LogP contribution in [0.2, 0.25) is 0 Å². The van der Waals surface area contributed by atoms with E-state index in [-0.39, 0.29) is 35.8 Å². The third kappa shape index (κ3) is 4.77. The molecule has 1 aliphatic heterocycles. The minimum atomic E-state index is -0.568. The predicted molar refractivity (Wildman–Crippen MR) is 89.7 cm³/mol. The predicted octanol–water partition coefficient (Wildman–Crippen LogP) is 2.26. The second kappa shape index (κ2) is 8.78. The van der Waals surface area contributed by atoms with Crippen molar-refractivity contribution < 1.29 is 18.7 Å². The molecular weight excluding hydrogens is 311 g/mol. The van der Waals surface area contributed by atoms with Gasteiger partial charge in [0.05, 0.1) is 7.11 Å². The molecule has 6 heteroatoms. The van der Waals surface area contributed by atoms with Gasteiger partial charge in [0.15, 0.2) is 17.3 Å². The van der Waals surface area contributed by atoms with Crippen molar-refractivity contribution in [3.05, 3.63) is 29.6 Å². The van der Waals surface area contributed by atoms with E-state index in [0.717, 1.165) is 38.5 Å². The maximum atomic E-state index is 13.6. The van der Waals surface area contributed by atoms with Crippen molar-refractivity contribution in [1.82, 2.24) is 10.2 Å². The molecule has 132 valence electrons. The number of carbonyl (C=O) groups is 2. The van der Waals surface area contributed by atoms with Crippen LogP contribution >= 0.6 is 0 Å². The number of halogens is 1. The SMILES string of the molecule is CNCC1CCN(C(=O)CCC(=O)c2ccc(OC)c(F)c2)CC1. The molecule has 1 fully saturated rings. The lowest BCUT2D eigenvalue weighted by atomic mass is 9.96. The van der Waals surface area contributed by atoms with E-state index >= 15 is 0 Å². The molecule has 0 atom stereocenters. The van der Waals surface area contributed by atoms with Crippen molar-refractivity contribution in [2.75, 3.05) is 33.8 Å². The van der Waals surface area contributed by atoms with Crippen LogP contribution in [0.15, 0.2) is 18.2 Å². The van der Waals surface area contributed by atoms with Crippen LogP contribution in [0.5, 0.6) is 5.75 Å². The third-order valence-corrected chi connectivity index (χ3v) is 4.50. The number of ketones is 1. The molecular formula is C18H25FN2O3. The highest BCUT2D eigenvalue weighted by Gasteiger charge is 2.22. The number of carbonyl (C=O) groups excluding carboxylic acids is 2. The first-order chi connectivity index (χ1) is 11.5. The first-order valence-electron chi connectivity index (χ1n) is 8.34. The normalized spacial score (nSPS) is 15.4. The smallest absolute Gasteiger partial charge is 0.223 e. The van der Waals surface area contributed by atoms with Crippen LogP contribution < -0.4 is 10.1 Å². The van der Waals surface area contributed by atoms with Gasteiger partial charge in [-0.15, -0.1) is 0 Å². The summed E-state index contributed by atoms with van der Waals surface area (Å²) >= 11 is 0. The lowest BCUT2D eigenvalue weighted by Gasteiger charge is -2.32. The van der Waals surface area contributed by atoms with Gasteiger partial charge in [0.2, 0.25) is 5.91 Å². The van der Waals surface area contributed by atoms with Gasteiger partial charge in [-0.25, -0.2) is 4.39 Å². The lowest BCUT2D eigenvalue weighted by molar-refractivity contribution is -0.132. The van der Waals surface area contributed by atoms with Crippen molar-refractivity contribution in [1.29, 1.82) is 0 Å². The molecule has 1 N–H and O–H groups in total. The second-order valence-electron chi connectivity index (χ2n) is 6.15. The fourth-order valence-electron chi connectivity index (χ4n) is 3.04.